The fourth-order valence-electron chi connectivity index (χ4n) is 0.681. The minimum Gasteiger partial charge on any atom is -0.466 e. The summed E-state index contributed by atoms with van der Waals surface area (Å²) >= 11 is 0. The Bertz CT molecular complexity index is 186. The quantitative estimate of drug-likeness (QED) is 0.353. The van der Waals surface area contributed by atoms with Gasteiger partial charge in [0.1, 0.15) is 0 Å². The van der Waals surface area contributed by atoms with Crippen LogP contribution in [0.4, 0.5) is 0 Å². The highest BCUT2D eigenvalue weighted by Gasteiger charge is 2.01. The molecule has 0 aromatic carbocycles. The van der Waals surface area contributed by atoms with E-state index in [0.29, 0.717) is 13.0 Å². The van der Waals surface area contributed by atoms with Crippen molar-refractivity contribution in [3.05, 3.63) is 12.7 Å². The summed E-state index contributed by atoms with van der Waals surface area (Å²) in [5.41, 5.74) is 0. The van der Waals surface area contributed by atoms with E-state index in [1.54, 1.807) is 6.92 Å². The normalized spacial score (nSPS) is 9.00. The summed E-state index contributed by atoms with van der Waals surface area (Å²) in [6.45, 7) is 5.59. The predicted molar refractivity (Wildman–Crippen MR) is 47.0 cm³/mol. The zero-order valence-corrected chi connectivity index (χ0v) is 7.75. The Morgan fingerprint density at radius 2 is 2.08 bits per heavy atom. The van der Waals surface area contributed by atoms with Gasteiger partial charge in [-0.1, -0.05) is 6.58 Å². The SMILES string of the molecule is C=CC(=O)OCCCC(=O)OCC. The molecule has 0 aromatic rings. The van der Waals surface area contributed by atoms with Gasteiger partial charge in [0.15, 0.2) is 0 Å². The van der Waals surface area contributed by atoms with Gasteiger partial charge in [-0.2, -0.15) is 0 Å². The largest absolute Gasteiger partial charge is 0.466 e. The monoisotopic (exact) mass is 186 g/mol. The average molecular weight is 186 g/mol. The van der Waals surface area contributed by atoms with Gasteiger partial charge in [0.2, 0.25) is 0 Å². The van der Waals surface area contributed by atoms with Crippen LogP contribution in [0.25, 0.3) is 0 Å². The Balaban J connectivity index is 3.30. The van der Waals surface area contributed by atoms with E-state index >= 15 is 0 Å². The second-order valence-electron chi connectivity index (χ2n) is 2.28. The third-order valence-corrected chi connectivity index (χ3v) is 1.24. The Labute approximate surface area is 77.5 Å². The molecule has 0 spiro atoms. The molecule has 0 fully saturated rings. The molecule has 74 valence electrons. The van der Waals surface area contributed by atoms with E-state index in [1.807, 2.05) is 0 Å². The molecule has 0 unspecified atom stereocenters. The predicted octanol–water partition coefficient (Wildman–Crippen LogP) is 1.06. The van der Waals surface area contributed by atoms with Crippen molar-refractivity contribution in [2.75, 3.05) is 13.2 Å². The standard InChI is InChI=1S/C9H14O4/c1-3-8(10)13-7-5-6-9(11)12-4-2/h3H,1,4-7H2,2H3. The average Bonchev–Trinajstić information content (AvgIpc) is 2.12. The number of ether oxygens (including phenoxy) is 2. The molecule has 4 heteroatoms. The number of hydrogen-bond acceptors (Lipinski definition) is 4. The van der Waals surface area contributed by atoms with Crippen LogP contribution >= 0.6 is 0 Å². The molecule has 0 aromatic heterocycles. The Hall–Kier alpha value is -1.32. The van der Waals surface area contributed by atoms with Crippen LogP contribution in [0.15, 0.2) is 12.7 Å². The Morgan fingerprint density at radius 1 is 1.38 bits per heavy atom. The first-order chi connectivity index (χ1) is 6.20. The molecule has 0 atom stereocenters. The summed E-state index contributed by atoms with van der Waals surface area (Å²) < 4.78 is 9.33. The van der Waals surface area contributed by atoms with Gasteiger partial charge in [0.25, 0.3) is 0 Å². The van der Waals surface area contributed by atoms with E-state index in [1.165, 1.54) is 0 Å². The van der Waals surface area contributed by atoms with Crippen molar-refractivity contribution in [3.8, 4) is 0 Å². The van der Waals surface area contributed by atoms with Gasteiger partial charge in [-0.05, 0) is 13.3 Å². The van der Waals surface area contributed by atoms with Crippen LogP contribution in [0.2, 0.25) is 0 Å². The number of carbonyl (C=O) groups excluding carboxylic acids is 2. The van der Waals surface area contributed by atoms with Crippen LogP contribution in [0, 0.1) is 0 Å². The van der Waals surface area contributed by atoms with E-state index < -0.39 is 5.97 Å². The summed E-state index contributed by atoms with van der Waals surface area (Å²) in [6, 6.07) is 0. The molecule has 0 radical (unpaired) electrons. The lowest BCUT2D eigenvalue weighted by Gasteiger charge is -2.01. The summed E-state index contributed by atoms with van der Waals surface area (Å²) in [7, 11) is 0. The van der Waals surface area contributed by atoms with Gasteiger partial charge in [-0.25, -0.2) is 4.79 Å². The molecule has 0 amide bonds. The van der Waals surface area contributed by atoms with E-state index in [-0.39, 0.29) is 19.0 Å². The van der Waals surface area contributed by atoms with Crippen molar-refractivity contribution in [2.45, 2.75) is 19.8 Å². The van der Waals surface area contributed by atoms with Gasteiger partial charge >= 0.3 is 11.9 Å². The highest BCUT2D eigenvalue weighted by atomic mass is 16.5. The summed E-state index contributed by atoms with van der Waals surface area (Å²) in [5.74, 6) is -0.735. The zero-order chi connectivity index (χ0) is 10.1. The van der Waals surface area contributed by atoms with Gasteiger partial charge in [-0.15, -0.1) is 0 Å². The molecule has 4 nitrogen and oxygen atoms in total. The molecule has 0 aliphatic heterocycles. The lowest BCUT2D eigenvalue weighted by atomic mass is 10.3. The van der Waals surface area contributed by atoms with Crippen LogP contribution < -0.4 is 0 Å². The van der Waals surface area contributed by atoms with Gasteiger partial charge in [0, 0.05) is 12.5 Å². The van der Waals surface area contributed by atoms with Crippen LogP contribution in [0.1, 0.15) is 19.8 Å². The summed E-state index contributed by atoms with van der Waals surface area (Å²) in [4.78, 5) is 21.3. The van der Waals surface area contributed by atoms with E-state index in [0.717, 1.165) is 6.08 Å². The smallest absolute Gasteiger partial charge is 0.330 e. The topological polar surface area (TPSA) is 52.6 Å². The summed E-state index contributed by atoms with van der Waals surface area (Å²) in [5, 5.41) is 0. The molecule has 0 rings (SSSR count). The lowest BCUT2D eigenvalue weighted by molar-refractivity contribution is -0.145. The number of rotatable bonds is 6. The fourth-order valence-corrected chi connectivity index (χ4v) is 0.681. The molecule has 0 saturated carbocycles. The maximum absolute atomic E-state index is 10.8. The van der Waals surface area contributed by atoms with Crippen LogP contribution in [0.5, 0.6) is 0 Å². The van der Waals surface area contributed by atoms with Gasteiger partial charge in [-0.3, -0.25) is 4.79 Å². The minimum atomic E-state index is -0.469. The first kappa shape index (κ1) is 11.7. The Kier molecular flexibility index (Phi) is 6.59. The van der Waals surface area contributed by atoms with Crippen molar-refractivity contribution >= 4 is 11.9 Å². The van der Waals surface area contributed by atoms with Crippen molar-refractivity contribution in [1.82, 2.24) is 0 Å². The van der Waals surface area contributed by atoms with Crippen molar-refractivity contribution in [1.29, 1.82) is 0 Å². The number of esters is 2. The van der Waals surface area contributed by atoms with Crippen LogP contribution in [-0.2, 0) is 19.1 Å². The van der Waals surface area contributed by atoms with Crippen LogP contribution in [0.3, 0.4) is 0 Å². The molecule has 0 bridgehead atoms. The second-order valence-corrected chi connectivity index (χ2v) is 2.28. The van der Waals surface area contributed by atoms with Crippen molar-refractivity contribution < 1.29 is 19.1 Å². The fraction of sp³-hybridized carbons (Fsp3) is 0.556. The molecule has 0 N–H and O–H groups in total. The molecule has 0 aliphatic rings. The lowest BCUT2D eigenvalue weighted by Crippen LogP contribution is -2.07. The first-order valence-corrected chi connectivity index (χ1v) is 4.15. The summed E-state index contributed by atoms with van der Waals surface area (Å²) in [6.07, 6.45) is 1.85. The van der Waals surface area contributed by atoms with E-state index in [9.17, 15) is 9.59 Å². The molecular weight excluding hydrogens is 172 g/mol. The highest BCUT2D eigenvalue weighted by molar-refractivity contribution is 5.81. The molecule has 13 heavy (non-hydrogen) atoms. The van der Waals surface area contributed by atoms with Crippen molar-refractivity contribution in [3.63, 3.8) is 0 Å². The molecular formula is C9H14O4. The third kappa shape index (κ3) is 7.05. The first-order valence-electron chi connectivity index (χ1n) is 4.15. The second kappa shape index (κ2) is 7.34. The van der Waals surface area contributed by atoms with E-state index in [4.69, 9.17) is 0 Å². The number of carbonyl (C=O) groups is 2. The minimum absolute atomic E-state index is 0.226. The van der Waals surface area contributed by atoms with E-state index in [2.05, 4.69) is 16.1 Å². The van der Waals surface area contributed by atoms with Crippen molar-refractivity contribution in [2.24, 2.45) is 0 Å². The Morgan fingerprint density at radius 3 is 2.62 bits per heavy atom. The van der Waals surface area contributed by atoms with Gasteiger partial charge < -0.3 is 9.47 Å². The molecule has 0 aliphatic carbocycles. The molecule has 0 heterocycles. The van der Waals surface area contributed by atoms with Gasteiger partial charge in [0.05, 0.1) is 13.2 Å². The third-order valence-electron chi connectivity index (χ3n) is 1.24. The number of hydrogen-bond donors (Lipinski definition) is 0. The molecule has 0 saturated heterocycles. The maximum Gasteiger partial charge on any atom is 0.330 e. The zero-order valence-electron chi connectivity index (χ0n) is 7.75. The highest BCUT2D eigenvalue weighted by Crippen LogP contribution is 1.94. The van der Waals surface area contributed by atoms with Crippen LogP contribution in [-0.4, -0.2) is 25.2 Å². The maximum atomic E-state index is 10.8.